The zero-order valence-electron chi connectivity index (χ0n) is 10.7. The minimum atomic E-state index is -4.41. The van der Waals surface area contributed by atoms with Gasteiger partial charge in [0.2, 0.25) is 16.6 Å². The van der Waals surface area contributed by atoms with Crippen LogP contribution in [0.25, 0.3) is 0 Å². The number of carbonyl (C=O) groups is 1. The number of hydrogen-bond donors (Lipinski definition) is 0. The fourth-order valence-electron chi connectivity index (χ4n) is 0.374. The van der Waals surface area contributed by atoms with Gasteiger partial charge in [0.15, 0.2) is 0 Å². The number of hydrogen-bond acceptors (Lipinski definition) is 6. The first kappa shape index (κ1) is 18.4. The normalized spacial score (nSPS) is 13.1. The summed E-state index contributed by atoms with van der Waals surface area (Å²) in [6.45, 7) is 5.16. The van der Waals surface area contributed by atoms with Crippen molar-refractivity contribution in [3.05, 3.63) is 12.7 Å². The number of ether oxygens (including phenoxy) is 1. The topological polar surface area (TPSA) is 92.7 Å². The second kappa shape index (κ2) is 7.38. The standard InChI is InChI=1S/C8H16NO2.CH4O4S/c1-6-8(10)11-7(2)9(3,4)5;1-5-6(2,3)4/h6-7H,1H2,2-5H3;1H3,(H,2,3,4)/q+1;/p-1. The van der Waals surface area contributed by atoms with Crippen LogP contribution in [0.1, 0.15) is 6.92 Å². The Hall–Kier alpha value is -0.960. The van der Waals surface area contributed by atoms with Gasteiger partial charge < -0.3 is 9.29 Å². The van der Waals surface area contributed by atoms with Crippen LogP contribution in [0.4, 0.5) is 0 Å². The van der Waals surface area contributed by atoms with Crippen LogP contribution >= 0.6 is 0 Å². The molecule has 0 spiro atoms. The van der Waals surface area contributed by atoms with E-state index in [0.29, 0.717) is 4.48 Å². The summed E-state index contributed by atoms with van der Waals surface area (Å²) >= 11 is 0. The van der Waals surface area contributed by atoms with Gasteiger partial charge >= 0.3 is 5.97 Å². The van der Waals surface area contributed by atoms with Crippen LogP contribution in [-0.2, 0) is 24.1 Å². The van der Waals surface area contributed by atoms with Crippen molar-refractivity contribution in [3.63, 3.8) is 0 Å². The predicted octanol–water partition coefficient (Wildman–Crippen LogP) is -0.139. The third-order valence-electron chi connectivity index (χ3n) is 1.75. The summed E-state index contributed by atoms with van der Waals surface area (Å²) in [6.07, 6.45) is 1.03. The van der Waals surface area contributed by atoms with Crippen LogP contribution in [0.15, 0.2) is 12.7 Å². The van der Waals surface area contributed by atoms with E-state index in [9.17, 15) is 17.8 Å². The largest absolute Gasteiger partial charge is 0.726 e. The van der Waals surface area contributed by atoms with Crippen LogP contribution in [0, 0.1) is 0 Å². The fraction of sp³-hybridized carbons (Fsp3) is 0.667. The van der Waals surface area contributed by atoms with Crippen LogP contribution in [0.3, 0.4) is 0 Å². The first-order valence-corrected chi connectivity index (χ1v) is 5.93. The van der Waals surface area contributed by atoms with Crippen molar-refractivity contribution in [1.82, 2.24) is 0 Å². The zero-order chi connectivity index (χ0) is 14.3. The summed E-state index contributed by atoms with van der Waals surface area (Å²) in [7, 11) is 2.27. The first-order valence-electron chi connectivity index (χ1n) is 4.59. The van der Waals surface area contributed by atoms with Gasteiger partial charge in [-0.3, -0.25) is 8.67 Å². The summed E-state index contributed by atoms with van der Waals surface area (Å²) in [5.74, 6) is -0.370. The molecular weight excluding hydrogens is 250 g/mol. The molecule has 17 heavy (non-hydrogen) atoms. The van der Waals surface area contributed by atoms with E-state index in [4.69, 9.17) is 4.74 Å². The maximum Gasteiger partial charge on any atom is 0.334 e. The predicted molar refractivity (Wildman–Crippen MR) is 60.5 cm³/mol. The molecule has 0 amide bonds. The molecule has 0 heterocycles. The molecule has 0 aliphatic carbocycles. The highest BCUT2D eigenvalue weighted by molar-refractivity contribution is 7.80. The Morgan fingerprint density at radius 1 is 1.41 bits per heavy atom. The third kappa shape index (κ3) is 13.0. The van der Waals surface area contributed by atoms with Crippen molar-refractivity contribution >= 4 is 16.4 Å². The van der Waals surface area contributed by atoms with E-state index in [0.717, 1.165) is 7.11 Å². The fourth-order valence-corrected chi connectivity index (χ4v) is 0.374. The monoisotopic (exact) mass is 269 g/mol. The molecule has 1 atom stereocenters. The third-order valence-corrected chi connectivity index (χ3v) is 2.16. The average Bonchev–Trinajstić information content (AvgIpc) is 2.16. The highest BCUT2D eigenvalue weighted by Crippen LogP contribution is 2.03. The molecule has 0 saturated carbocycles. The summed E-state index contributed by atoms with van der Waals surface area (Å²) in [6, 6.07) is 0. The second-order valence-corrected chi connectivity index (χ2v) is 5.08. The Bertz CT molecular complexity index is 343. The minimum Gasteiger partial charge on any atom is -0.726 e. The lowest BCUT2D eigenvalue weighted by atomic mass is 10.5. The van der Waals surface area contributed by atoms with E-state index in [2.05, 4.69) is 10.8 Å². The molecule has 0 aliphatic heterocycles. The number of rotatable bonds is 4. The molecule has 1 unspecified atom stereocenters. The zero-order valence-corrected chi connectivity index (χ0v) is 11.5. The van der Waals surface area contributed by atoms with E-state index in [1.54, 1.807) is 0 Å². The quantitative estimate of drug-likeness (QED) is 0.176. The molecule has 0 aromatic heterocycles. The molecule has 0 N–H and O–H groups in total. The van der Waals surface area contributed by atoms with Gasteiger partial charge in [0.25, 0.3) is 0 Å². The second-order valence-electron chi connectivity index (χ2n) is 3.93. The molecule has 0 aliphatic rings. The molecule has 0 fully saturated rings. The van der Waals surface area contributed by atoms with Gasteiger partial charge in [0, 0.05) is 13.0 Å². The lowest BCUT2D eigenvalue weighted by Crippen LogP contribution is -2.45. The van der Waals surface area contributed by atoms with Gasteiger partial charge in [0.05, 0.1) is 28.3 Å². The van der Waals surface area contributed by atoms with E-state index in [1.807, 2.05) is 28.1 Å². The van der Waals surface area contributed by atoms with Gasteiger partial charge in [-0.2, -0.15) is 0 Å². The van der Waals surface area contributed by atoms with Gasteiger partial charge in [-0.25, -0.2) is 13.2 Å². The van der Waals surface area contributed by atoms with Gasteiger partial charge in [0.1, 0.15) is 0 Å². The average molecular weight is 269 g/mol. The number of nitrogens with zero attached hydrogens (tertiary/aromatic N) is 1. The molecule has 0 radical (unpaired) electrons. The SMILES string of the molecule is C=CC(=O)OC(C)[N+](C)(C)C.COS(=O)(=O)[O-]. The van der Waals surface area contributed by atoms with Crippen molar-refractivity contribution < 1.29 is 31.2 Å². The summed E-state index contributed by atoms with van der Waals surface area (Å²) in [5, 5.41) is 0. The number of carbonyl (C=O) groups excluding carboxylic acids is 1. The van der Waals surface area contributed by atoms with Gasteiger partial charge in [-0.1, -0.05) is 6.58 Å². The highest BCUT2D eigenvalue weighted by Gasteiger charge is 2.20. The molecule has 0 saturated heterocycles. The lowest BCUT2D eigenvalue weighted by molar-refractivity contribution is -0.914. The van der Waals surface area contributed by atoms with E-state index in [-0.39, 0.29) is 12.2 Å². The molecular formula is C9H19NO6S. The highest BCUT2D eigenvalue weighted by atomic mass is 32.3. The van der Waals surface area contributed by atoms with Crippen LogP contribution in [-0.4, -0.2) is 57.9 Å². The van der Waals surface area contributed by atoms with Crippen molar-refractivity contribution in [3.8, 4) is 0 Å². The number of quaternary nitrogens is 1. The summed E-state index contributed by atoms with van der Waals surface area (Å²) < 4.78 is 36.6. The maximum atomic E-state index is 10.7. The van der Waals surface area contributed by atoms with Crippen LogP contribution in [0.2, 0.25) is 0 Å². The van der Waals surface area contributed by atoms with Crippen molar-refractivity contribution in [2.45, 2.75) is 13.2 Å². The Morgan fingerprint density at radius 3 is 1.94 bits per heavy atom. The van der Waals surface area contributed by atoms with Crippen LogP contribution < -0.4 is 0 Å². The molecule has 0 aromatic rings. The van der Waals surface area contributed by atoms with Gasteiger partial charge in [-0.05, 0) is 0 Å². The van der Waals surface area contributed by atoms with Crippen molar-refractivity contribution in [2.75, 3.05) is 28.3 Å². The summed E-state index contributed by atoms with van der Waals surface area (Å²) in [5.41, 5.74) is 0. The van der Waals surface area contributed by atoms with Gasteiger partial charge in [-0.15, -0.1) is 0 Å². The lowest BCUT2D eigenvalue weighted by Gasteiger charge is -2.29. The van der Waals surface area contributed by atoms with E-state index >= 15 is 0 Å². The minimum absolute atomic E-state index is 0.138. The number of esters is 1. The van der Waals surface area contributed by atoms with Crippen molar-refractivity contribution in [2.24, 2.45) is 0 Å². The molecule has 0 aromatic carbocycles. The van der Waals surface area contributed by atoms with Crippen molar-refractivity contribution in [1.29, 1.82) is 0 Å². The molecule has 8 heteroatoms. The Kier molecular flexibility index (Phi) is 7.99. The smallest absolute Gasteiger partial charge is 0.334 e. The van der Waals surface area contributed by atoms with E-state index in [1.165, 1.54) is 6.08 Å². The Balaban J connectivity index is 0. The molecule has 0 bridgehead atoms. The van der Waals surface area contributed by atoms with Crippen LogP contribution in [0.5, 0.6) is 0 Å². The molecule has 0 rings (SSSR count). The van der Waals surface area contributed by atoms with E-state index < -0.39 is 10.4 Å². The Labute approximate surface area is 102 Å². The molecule has 102 valence electrons. The molecule has 7 nitrogen and oxygen atoms in total. The Morgan fingerprint density at radius 2 is 1.76 bits per heavy atom. The summed E-state index contributed by atoms with van der Waals surface area (Å²) in [4.78, 5) is 10.7. The maximum absolute atomic E-state index is 10.7. The first-order chi connectivity index (χ1) is 7.44.